The Balaban J connectivity index is 1.05. The first kappa shape index (κ1) is 44.2. The molecular weight excluding hydrogens is 853 g/mol. The van der Waals surface area contributed by atoms with E-state index in [1.807, 2.05) is 42.5 Å². The van der Waals surface area contributed by atoms with Gasteiger partial charge in [0.25, 0.3) is 0 Å². The average molecular weight is 907 g/mol. The molecule has 0 spiro atoms. The standard InChI is InChI=1S/C66H54N2O2/c1-5-6-10-30-56-63(49-24-13-8-14-25-49)52(47-22-11-7-12-23-47)39-40-53(64(56)50-26-15-9-16-27-50)48-37-35-46(36-38-48)44(3)67-66(57-42-62-58(41-43(57)2)54-28-17-19-32-59(54)70-62)68-45(4)51-31-21-34-61-65(51)55-29-18-20-33-60(55)69-61/h6-11,13-22,24-29,31-39,41-42H,3,5,12,23,30,40H2,1-2,4H3/b10-6-,67-66-,68-45+. The molecule has 4 heteroatoms. The van der Waals surface area contributed by atoms with Gasteiger partial charge in [-0.2, -0.15) is 0 Å². The third-order valence-corrected chi connectivity index (χ3v) is 13.7. The molecule has 0 saturated heterocycles. The Hall–Kier alpha value is -8.34. The summed E-state index contributed by atoms with van der Waals surface area (Å²) < 4.78 is 12.7. The van der Waals surface area contributed by atoms with Crippen LogP contribution in [0.1, 0.15) is 84.9 Å². The van der Waals surface area contributed by atoms with Crippen molar-refractivity contribution in [1.29, 1.82) is 0 Å². The summed E-state index contributed by atoms with van der Waals surface area (Å²) in [5, 5.41) is 4.23. The normalized spacial score (nSPS) is 14.9. The SMILES string of the molecule is C=C(/N=C(\N=C(/C)c1cccc2oc3ccccc3c12)c1cc2oc3ccccc3c2cc1C)c1ccc(C2=C(c3ccccc3)C(C/C=C\CC)=C(c3ccccc3)C(C3=CC=CCC3)=CC2)cc1. The molecule has 0 aliphatic heterocycles. The van der Waals surface area contributed by atoms with E-state index in [9.17, 15) is 0 Å². The number of furan rings is 2. The van der Waals surface area contributed by atoms with E-state index in [0.717, 1.165) is 104 Å². The summed E-state index contributed by atoms with van der Waals surface area (Å²) in [5.74, 6) is 0.557. The van der Waals surface area contributed by atoms with Crippen molar-refractivity contribution in [2.75, 3.05) is 0 Å². The van der Waals surface area contributed by atoms with E-state index in [4.69, 9.17) is 18.8 Å². The number of nitrogens with zero attached hydrogens (tertiary/aromatic N) is 2. The largest absolute Gasteiger partial charge is 0.456 e. The molecule has 2 aliphatic carbocycles. The Morgan fingerprint density at radius 3 is 2.03 bits per heavy atom. The number of amidine groups is 1. The van der Waals surface area contributed by atoms with Crippen LogP contribution in [0.5, 0.6) is 0 Å². The Morgan fingerprint density at radius 2 is 1.30 bits per heavy atom. The fourth-order valence-electron chi connectivity index (χ4n) is 10.3. The van der Waals surface area contributed by atoms with Crippen LogP contribution in [0.2, 0.25) is 0 Å². The van der Waals surface area contributed by atoms with E-state index < -0.39 is 0 Å². The number of aliphatic imine (C=N–C) groups is 2. The molecule has 0 radical (unpaired) electrons. The molecule has 2 aliphatic rings. The van der Waals surface area contributed by atoms with Crippen LogP contribution in [0.25, 0.3) is 66.3 Å². The predicted molar refractivity (Wildman–Crippen MR) is 296 cm³/mol. The molecule has 0 N–H and O–H groups in total. The lowest BCUT2D eigenvalue weighted by molar-refractivity contribution is 0.668. The molecule has 70 heavy (non-hydrogen) atoms. The van der Waals surface area contributed by atoms with E-state index in [1.165, 1.54) is 50.1 Å². The van der Waals surface area contributed by atoms with Gasteiger partial charge in [-0.3, -0.25) is 0 Å². The van der Waals surface area contributed by atoms with E-state index in [0.29, 0.717) is 11.5 Å². The molecule has 2 heterocycles. The zero-order valence-electron chi connectivity index (χ0n) is 40.0. The zero-order valence-corrected chi connectivity index (χ0v) is 40.0. The molecule has 0 atom stereocenters. The quantitative estimate of drug-likeness (QED) is 0.0737. The molecule has 2 aromatic heterocycles. The van der Waals surface area contributed by atoms with Crippen LogP contribution in [-0.4, -0.2) is 11.5 Å². The van der Waals surface area contributed by atoms with Gasteiger partial charge in [-0.1, -0.05) is 183 Å². The topological polar surface area (TPSA) is 51.0 Å². The first-order valence-electron chi connectivity index (χ1n) is 24.5. The summed E-state index contributed by atoms with van der Waals surface area (Å²) in [5.41, 5.74) is 20.1. The molecule has 0 amide bonds. The number of para-hydroxylation sites is 2. The van der Waals surface area contributed by atoms with Gasteiger partial charge in [0, 0.05) is 38.4 Å². The van der Waals surface area contributed by atoms with Crippen LogP contribution in [0.15, 0.2) is 242 Å². The second-order valence-corrected chi connectivity index (χ2v) is 18.2. The van der Waals surface area contributed by atoms with Gasteiger partial charge < -0.3 is 8.83 Å². The maximum atomic E-state index is 6.44. The third-order valence-electron chi connectivity index (χ3n) is 13.7. The summed E-state index contributed by atoms with van der Waals surface area (Å²) in [6, 6.07) is 57.6. The van der Waals surface area contributed by atoms with Crippen LogP contribution in [0.4, 0.5) is 0 Å². The van der Waals surface area contributed by atoms with Gasteiger partial charge in [0.2, 0.25) is 0 Å². The van der Waals surface area contributed by atoms with Gasteiger partial charge in [-0.15, -0.1) is 0 Å². The molecule has 9 aromatic rings. The second-order valence-electron chi connectivity index (χ2n) is 18.2. The highest BCUT2D eigenvalue weighted by Crippen LogP contribution is 2.47. The molecular formula is C66H54N2O2. The minimum Gasteiger partial charge on any atom is -0.456 e. The average Bonchev–Trinajstić information content (AvgIpc) is 3.91. The lowest BCUT2D eigenvalue weighted by Crippen LogP contribution is -2.06. The van der Waals surface area contributed by atoms with Crippen LogP contribution < -0.4 is 0 Å². The fourth-order valence-corrected chi connectivity index (χ4v) is 10.3. The van der Waals surface area contributed by atoms with Gasteiger partial charge in [-0.25, -0.2) is 9.98 Å². The lowest BCUT2D eigenvalue weighted by atomic mass is 9.81. The molecule has 0 unspecified atom stereocenters. The second kappa shape index (κ2) is 19.3. The van der Waals surface area contributed by atoms with E-state index in [-0.39, 0.29) is 0 Å². The minimum atomic E-state index is 0.557. The minimum absolute atomic E-state index is 0.557. The molecule has 4 nitrogen and oxygen atoms in total. The van der Waals surface area contributed by atoms with Crippen molar-refractivity contribution in [3.05, 3.63) is 262 Å². The molecule has 0 saturated carbocycles. The van der Waals surface area contributed by atoms with Crippen LogP contribution in [0.3, 0.4) is 0 Å². The smallest absolute Gasteiger partial charge is 0.160 e. The third kappa shape index (κ3) is 8.47. The Kier molecular flexibility index (Phi) is 12.2. The van der Waals surface area contributed by atoms with Crippen LogP contribution in [0, 0.1) is 6.92 Å². The van der Waals surface area contributed by atoms with Gasteiger partial charge in [0.1, 0.15) is 22.3 Å². The van der Waals surface area contributed by atoms with Gasteiger partial charge in [0.05, 0.1) is 5.70 Å². The summed E-state index contributed by atoms with van der Waals surface area (Å²) >= 11 is 0. The highest BCUT2D eigenvalue weighted by molar-refractivity contribution is 6.22. The fraction of sp³-hybridized carbons (Fsp3) is 0.121. The maximum absolute atomic E-state index is 6.44. The molecule has 11 rings (SSSR count). The van der Waals surface area contributed by atoms with E-state index in [2.05, 4.69) is 185 Å². The van der Waals surface area contributed by atoms with Gasteiger partial charge in [-0.05, 0) is 138 Å². The maximum Gasteiger partial charge on any atom is 0.160 e. The number of hydrogen-bond donors (Lipinski definition) is 0. The predicted octanol–water partition coefficient (Wildman–Crippen LogP) is 18.0. The Bertz CT molecular complexity index is 3750. The van der Waals surface area contributed by atoms with Crippen LogP contribution in [-0.2, 0) is 0 Å². The Labute approximate surface area is 410 Å². The molecule has 7 aromatic carbocycles. The summed E-state index contributed by atoms with van der Waals surface area (Å²) in [7, 11) is 0. The number of allylic oxidation sites excluding steroid dienone is 12. The van der Waals surface area contributed by atoms with Crippen molar-refractivity contribution in [2.24, 2.45) is 9.98 Å². The van der Waals surface area contributed by atoms with Gasteiger partial charge >= 0.3 is 0 Å². The molecule has 0 bridgehead atoms. The first-order valence-corrected chi connectivity index (χ1v) is 24.5. The zero-order chi connectivity index (χ0) is 47.6. The van der Waals surface area contributed by atoms with Crippen molar-refractivity contribution in [3.63, 3.8) is 0 Å². The van der Waals surface area contributed by atoms with Gasteiger partial charge in [0.15, 0.2) is 5.84 Å². The van der Waals surface area contributed by atoms with E-state index >= 15 is 0 Å². The number of benzene rings is 7. The highest BCUT2D eigenvalue weighted by atomic mass is 16.3. The van der Waals surface area contributed by atoms with Crippen LogP contribution >= 0.6 is 0 Å². The number of rotatable bonds is 11. The number of hydrogen-bond acceptors (Lipinski definition) is 3. The first-order chi connectivity index (χ1) is 34.4. The molecule has 0 fully saturated rings. The van der Waals surface area contributed by atoms with Crippen molar-refractivity contribution >= 4 is 77.8 Å². The highest BCUT2D eigenvalue weighted by Gasteiger charge is 2.26. The van der Waals surface area contributed by atoms with Crippen molar-refractivity contribution in [3.8, 4) is 0 Å². The summed E-state index contributed by atoms with van der Waals surface area (Å²) in [4.78, 5) is 10.7. The van der Waals surface area contributed by atoms with Crippen molar-refractivity contribution in [2.45, 2.75) is 52.9 Å². The monoisotopic (exact) mass is 906 g/mol. The molecule has 340 valence electrons. The van der Waals surface area contributed by atoms with Crippen molar-refractivity contribution < 1.29 is 8.83 Å². The lowest BCUT2D eigenvalue weighted by Gasteiger charge is -2.23. The van der Waals surface area contributed by atoms with E-state index in [1.54, 1.807) is 0 Å². The number of fused-ring (bicyclic) bond motifs is 6. The summed E-state index contributed by atoms with van der Waals surface area (Å²) in [6.07, 6.45) is 18.6. The summed E-state index contributed by atoms with van der Waals surface area (Å²) in [6.45, 7) is 11.0. The van der Waals surface area contributed by atoms with Crippen molar-refractivity contribution in [1.82, 2.24) is 0 Å². The Morgan fingerprint density at radius 1 is 0.629 bits per heavy atom. The number of aryl methyl sites for hydroxylation is 1.